The molecule has 2 rings (SSSR count). The molecule has 142 valence electrons. The first-order valence-electron chi connectivity index (χ1n) is 8.77. The molecule has 1 aromatic carbocycles. The third-order valence-electron chi connectivity index (χ3n) is 3.59. The summed E-state index contributed by atoms with van der Waals surface area (Å²) in [4.78, 5) is 4.64. The lowest BCUT2D eigenvalue weighted by Crippen LogP contribution is -2.22. The lowest BCUT2D eigenvalue weighted by atomic mass is 10.3. The van der Waals surface area contributed by atoms with Crippen LogP contribution in [0.25, 0.3) is 11.0 Å². The summed E-state index contributed by atoms with van der Waals surface area (Å²) in [5.74, 6) is 1.37. The summed E-state index contributed by atoms with van der Waals surface area (Å²) < 4.78 is 19.0. The summed E-state index contributed by atoms with van der Waals surface area (Å²) in [6, 6.07) is 8.01. The van der Waals surface area contributed by atoms with Gasteiger partial charge in [0.25, 0.3) is 0 Å². The molecular weight excluding hydrogens is 331 g/mol. The lowest BCUT2D eigenvalue weighted by molar-refractivity contribution is 0.0611. The van der Waals surface area contributed by atoms with Crippen molar-refractivity contribution in [3.63, 3.8) is 0 Å². The number of aliphatic hydroxyl groups is 1. The average Bonchev–Trinajstić information content (AvgIpc) is 2.97. The van der Waals surface area contributed by atoms with Crippen molar-refractivity contribution < 1.29 is 14.2 Å². The van der Waals surface area contributed by atoms with Crippen LogP contribution in [0.4, 0.5) is 4.39 Å². The zero-order valence-electron chi connectivity index (χ0n) is 15.9. The number of allylic oxidation sites excluding steroid dienone is 4. The number of imidazole rings is 1. The van der Waals surface area contributed by atoms with E-state index in [9.17, 15) is 9.50 Å². The van der Waals surface area contributed by atoms with Gasteiger partial charge in [-0.2, -0.15) is 0 Å². The van der Waals surface area contributed by atoms with Gasteiger partial charge in [-0.05, 0) is 38.5 Å². The van der Waals surface area contributed by atoms with E-state index in [0.29, 0.717) is 12.3 Å². The molecule has 1 heterocycles. The molecule has 1 N–H and O–H groups in total. The van der Waals surface area contributed by atoms with Crippen molar-refractivity contribution in [3.8, 4) is 0 Å². The molecule has 0 fully saturated rings. The number of hydrogen-bond donors (Lipinski definition) is 1. The van der Waals surface area contributed by atoms with E-state index < -0.39 is 6.10 Å². The average molecular weight is 360 g/mol. The highest BCUT2D eigenvalue weighted by molar-refractivity contribution is 5.75. The molecule has 0 aliphatic rings. The molecule has 26 heavy (non-hydrogen) atoms. The van der Waals surface area contributed by atoms with Crippen LogP contribution >= 0.6 is 0 Å². The normalized spacial score (nSPS) is 12.3. The van der Waals surface area contributed by atoms with Crippen molar-refractivity contribution in [3.05, 3.63) is 67.0 Å². The van der Waals surface area contributed by atoms with Gasteiger partial charge in [-0.15, -0.1) is 0 Å². The van der Waals surface area contributed by atoms with Crippen molar-refractivity contribution in [2.45, 2.75) is 46.3 Å². The molecule has 0 saturated carbocycles. The minimum atomic E-state index is -0.570. The second kappa shape index (κ2) is 11.3. The van der Waals surface area contributed by atoms with Gasteiger partial charge in [0.2, 0.25) is 0 Å². The fourth-order valence-corrected chi connectivity index (χ4v) is 2.36. The summed E-state index contributed by atoms with van der Waals surface area (Å²) in [6.07, 6.45) is 3.89. The zero-order valence-corrected chi connectivity index (χ0v) is 15.9. The lowest BCUT2D eigenvalue weighted by Gasteiger charge is -2.15. The predicted octanol–water partition coefficient (Wildman–Crippen LogP) is 4.95. The largest absolute Gasteiger partial charge is 0.496 e. The Morgan fingerprint density at radius 2 is 2.12 bits per heavy atom. The first-order chi connectivity index (χ1) is 12.4. The van der Waals surface area contributed by atoms with Gasteiger partial charge in [0, 0.05) is 6.42 Å². The fourth-order valence-electron chi connectivity index (χ4n) is 2.36. The quantitative estimate of drug-likeness (QED) is 0.535. The first kappa shape index (κ1) is 21.6. The second-order valence-corrected chi connectivity index (χ2v) is 5.92. The third kappa shape index (κ3) is 6.84. The number of nitrogens with zero attached hydrogens (tertiary/aromatic N) is 2. The van der Waals surface area contributed by atoms with E-state index in [1.165, 1.54) is 12.2 Å². The fraction of sp³-hybridized carbons (Fsp3) is 0.381. The number of aryl methyl sites for hydroxylation is 1. The SMILES string of the molecule is C=C(C)OCC(O)Cn1c(CCC)nc2ccccc21.C=C/C(F)=C\C. The molecule has 0 bridgehead atoms. The molecule has 1 unspecified atom stereocenters. The van der Waals surface area contributed by atoms with Crippen molar-refractivity contribution in [2.24, 2.45) is 0 Å². The monoisotopic (exact) mass is 360 g/mol. The Labute approximate surface area is 155 Å². The summed E-state index contributed by atoms with van der Waals surface area (Å²) >= 11 is 0. The van der Waals surface area contributed by atoms with Crippen LogP contribution in [-0.2, 0) is 17.7 Å². The van der Waals surface area contributed by atoms with E-state index >= 15 is 0 Å². The van der Waals surface area contributed by atoms with E-state index in [0.717, 1.165) is 29.7 Å². The summed E-state index contributed by atoms with van der Waals surface area (Å²) in [5.41, 5.74) is 2.04. The Morgan fingerprint density at radius 3 is 2.65 bits per heavy atom. The van der Waals surface area contributed by atoms with Gasteiger partial charge in [0.05, 0.1) is 23.3 Å². The molecule has 0 aliphatic heterocycles. The summed E-state index contributed by atoms with van der Waals surface area (Å²) in [7, 11) is 0. The van der Waals surface area contributed by atoms with E-state index in [2.05, 4.69) is 29.6 Å². The molecule has 4 nitrogen and oxygen atoms in total. The number of aliphatic hydroxyl groups excluding tert-OH is 1. The molecule has 0 saturated heterocycles. The standard InChI is InChI=1S/C16H22N2O2.C5H7F/c1-4-7-16-17-14-8-5-6-9-15(14)18(16)10-13(19)11-20-12(2)3;1-3-5(6)4-2/h5-6,8-9,13,19H,2,4,7,10-11H2,1,3H3;3-4H,1H2,2H3/b;5-4+. The molecule has 0 aliphatic carbocycles. The molecular formula is C21H29FN2O2. The summed E-state index contributed by atoms with van der Waals surface area (Å²) in [5, 5.41) is 10.1. The smallest absolute Gasteiger partial charge is 0.118 e. The Kier molecular flexibility index (Phi) is 9.37. The van der Waals surface area contributed by atoms with Crippen LogP contribution < -0.4 is 0 Å². The first-order valence-corrected chi connectivity index (χ1v) is 8.77. The Hall–Kier alpha value is -2.40. The van der Waals surface area contributed by atoms with Gasteiger partial charge in [0.15, 0.2) is 0 Å². The Bertz CT molecular complexity index is 750. The minimum absolute atomic E-state index is 0.257. The number of halogens is 1. The van der Waals surface area contributed by atoms with Gasteiger partial charge in [0.1, 0.15) is 24.4 Å². The molecule has 0 radical (unpaired) electrons. The van der Waals surface area contributed by atoms with Crippen LogP contribution in [-0.4, -0.2) is 27.4 Å². The highest BCUT2D eigenvalue weighted by atomic mass is 19.1. The van der Waals surface area contributed by atoms with E-state index in [-0.39, 0.29) is 12.4 Å². The number of benzene rings is 1. The molecule has 1 aromatic heterocycles. The van der Waals surface area contributed by atoms with E-state index in [1.807, 2.05) is 24.3 Å². The van der Waals surface area contributed by atoms with Gasteiger partial charge < -0.3 is 14.4 Å². The topological polar surface area (TPSA) is 47.3 Å². The maximum Gasteiger partial charge on any atom is 0.118 e. The molecule has 2 aromatic rings. The Balaban J connectivity index is 0.000000487. The van der Waals surface area contributed by atoms with Gasteiger partial charge in [-0.25, -0.2) is 9.37 Å². The number of hydrogen-bond acceptors (Lipinski definition) is 3. The molecule has 0 amide bonds. The highest BCUT2D eigenvalue weighted by Crippen LogP contribution is 2.18. The second-order valence-electron chi connectivity index (χ2n) is 5.92. The van der Waals surface area contributed by atoms with Gasteiger partial charge in [-0.1, -0.05) is 38.3 Å². The van der Waals surface area contributed by atoms with Gasteiger partial charge >= 0.3 is 0 Å². The van der Waals surface area contributed by atoms with Crippen LogP contribution in [0.5, 0.6) is 0 Å². The summed E-state index contributed by atoms with van der Waals surface area (Å²) in [6.45, 7) is 13.1. The van der Waals surface area contributed by atoms with Crippen molar-refractivity contribution >= 4 is 11.0 Å². The van der Waals surface area contributed by atoms with E-state index in [4.69, 9.17) is 4.74 Å². The Morgan fingerprint density at radius 1 is 1.42 bits per heavy atom. The van der Waals surface area contributed by atoms with Crippen LogP contribution in [0.3, 0.4) is 0 Å². The van der Waals surface area contributed by atoms with Crippen LogP contribution in [0.15, 0.2) is 61.2 Å². The van der Waals surface area contributed by atoms with Crippen molar-refractivity contribution in [1.29, 1.82) is 0 Å². The van der Waals surface area contributed by atoms with Crippen molar-refractivity contribution in [1.82, 2.24) is 9.55 Å². The van der Waals surface area contributed by atoms with Gasteiger partial charge in [-0.3, -0.25) is 0 Å². The number of para-hydroxylation sites is 2. The third-order valence-corrected chi connectivity index (χ3v) is 3.59. The van der Waals surface area contributed by atoms with E-state index in [1.54, 1.807) is 13.8 Å². The highest BCUT2D eigenvalue weighted by Gasteiger charge is 2.13. The maximum absolute atomic E-state index is 11.6. The molecule has 0 spiro atoms. The number of ether oxygens (including phenoxy) is 1. The van der Waals surface area contributed by atoms with Crippen LogP contribution in [0.1, 0.15) is 33.0 Å². The number of aromatic nitrogens is 2. The predicted molar refractivity (Wildman–Crippen MR) is 106 cm³/mol. The zero-order chi connectivity index (χ0) is 19.5. The number of rotatable bonds is 8. The van der Waals surface area contributed by atoms with Crippen LogP contribution in [0.2, 0.25) is 0 Å². The van der Waals surface area contributed by atoms with Crippen LogP contribution in [0, 0.1) is 0 Å². The number of fused-ring (bicyclic) bond motifs is 1. The molecule has 5 heteroatoms. The molecule has 1 atom stereocenters. The minimum Gasteiger partial charge on any atom is -0.496 e. The van der Waals surface area contributed by atoms with Crippen molar-refractivity contribution in [2.75, 3.05) is 6.61 Å². The maximum atomic E-state index is 11.6.